The largest absolute Gasteiger partial charge is 0.272 e. The highest BCUT2D eigenvalue weighted by Gasteiger charge is 2.31. The first-order chi connectivity index (χ1) is 12.9. The molecule has 0 aromatic heterocycles. The molecule has 0 bridgehead atoms. The van der Waals surface area contributed by atoms with E-state index < -0.39 is 15.9 Å². The zero-order valence-electron chi connectivity index (χ0n) is 14.5. The highest BCUT2D eigenvalue weighted by Crippen LogP contribution is 2.26. The summed E-state index contributed by atoms with van der Waals surface area (Å²) in [6.07, 6.45) is 0. The van der Waals surface area contributed by atoms with E-state index in [0.29, 0.717) is 5.56 Å². The number of nitriles is 1. The summed E-state index contributed by atoms with van der Waals surface area (Å²) in [7, 11) is -4.12. The van der Waals surface area contributed by atoms with E-state index in [2.05, 4.69) is 0 Å². The average molecular weight is 376 g/mol. The SMILES string of the molecule is Cc1ccc(S(=O)(=O)N(C(=O)c2ccc(C#N)cc2)c2ccccc2)cc1. The van der Waals surface area contributed by atoms with Gasteiger partial charge >= 0.3 is 0 Å². The molecule has 0 radical (unpaired) electrons. The van der Waals surface area contributed by atoms with E-state index in [0.717, 1.165) is 9.87 Å². The van der Waals surface area contributed by atoms with Crippen LogP contribution in [0.2, 0.25) is 0 Å². The minimum absolute atomic E-state index is 0.0268. The summed E-state index contributed by atoms with van der Waals surface area (Å²) >= 11 is 0. The van der Waals surface area contributed by atoms with E-state index >= 15 is 0 Å². The molecule has 0 saturated heterocycles. The zero-order chi connectivity index (χ0) is 19.4. The fraction of sp³-hybridized carbons (Fsp3) is 0.0476. The molecule has 0 aliphatic rings. The molecule has 0 unspecified atom stereocenters. The first-order valence-electron chi connectivity index (χ1n) is 8.15. The van der Waals surface area contributed by atoms with Crippen LogP contribution in [0.25, 0.3) is 0 Å². The van der Waals surface area contributed by atoms with Gasteiger partial charge in [-0.15, -0.1) is 0 Å². The van der Waals surface area contributed by atoms with Crippen molar-refractivity contribution < 1.29 is 13.2 Å². The van der Waals surface area contributed by atoms with Crippen LogP contribution in [0, 0.1) is 18.3 Å². The number of para-hydroxylation sites is 1. The van der Waals surface area contributed by atoms with E-state index in [1.807, 2.05) is 13.0 Å². The van der Waals surface area contributed by atoms with Gasteiger partial charge in [-0.2, -0.15) is 9.57 Å². The Morgan fingerprint density at radius 2 is 1.48 bits per heavy atom. The Hall–Kier alpha value is -3.43. The second-order valence-electron chi connectivity index (χ2n) is 5.91. The normalized spacial score (nSPS) is 10.8. The van der Waals surface area contributed by atoms with Gasteiger partial charge in [0.1, 0.15) is 0 Å². The lowest BCUT2D eigenvalue weighted by Gasteiger charge is -2.23. The number of anilines is 1. The van der Waals surface area contributed by atoms with E-state index in [4.69, 9.17) is 5.26 Å². The van der Waals surface area contributed by atoms with Crippen molar-refractivity contribution in [3.8, 4) is 6.07 Å². The number of nitrogens with zero attached hydrogens (tertiary/aromatic N) is 2. The maximum Gasteiger partial charge on any atom is 0.272 e. The molecule has 134 valence electrons. The van der Waals surface area contributed by atoms with Gasteiger partial charge in [-0.1, -0.05) is 35.9 Å². The summed E-state index contributed by atoms with van der Waals surface area (Å²) in [5.41, 5.74) is 1.72. The van der Waals surface area contributed by atoms with Gasteiger partial charge in [0.25, 0.3) is 15.9 Å². The maximum atomic E-state index is 13.2. The quantitative estimate of drug-likeness (QED) is 0.692. The minimum atomic E-state index is -4.12. The highest BCUT2D eigenvalue weighted by molar-refractivity contribution is 7.93. The molecule has 0 N–H and O–H groups in total. The zero-order valence-corrected chi connectivity index (χ0v) is 15.3. The predicted octanol–water partition coefficient (Wildman–Crippen LogP) is 3.90. The number of carbonyl (C=O) groups excluding carboxylic acids is 1. The fourth-order valence-electron chi connectivity index (χ4n) is 2.55. The monoisotopic (exact) mass is 376 g/mol. The van der Waals surface area contributed by atoms with Crippen LogP contribution in [0.4, 0.5) is 5.69 Å². The second kappa shape index (κ2) is 7.44. The highest BCUT2D eigenvalue weighted by atomic mass is 32.2. The standard InChI is InChI=1S/C21H16N2O3S/c1-16-7-13-20(14-8-16)27(25,26)23(19-5-3-2-4-6-19)21(24)18-11-9-17(15-22)10-12-18/h2-14H,1H3. The smallest absolute Gasteiger partial charge is 0.268 e. The number of rotatable bonds is 4. The molecule has 3 rings (SSSR count). The summed E-state index contributed by atoms with van der Waals surface area (Å²) in [6, 6.07) is 22.3. The Kier molecular flexibility index (Phi) is 5.06. The van der Waals surface area contributed by atoms with Crippen molar-refractivity contribution in [1.82, 2.24) is 0 Å². The van der Waals surface area contributed by atoms with Crippen LogP contribution in [-0.2, 0) is 10.0 Å². The van der Waals surface area contributed by atoms with Gasteiger partial charge in [0, 0.05) is 5.56 Å². The maximum absolute atomic E-state index is 13.2. The van der Waals surface area contributed by atoms with Crippen LogP contribution in [0.1, 0.15) is 21.5 Å². The third-order valence-corrected chi connectivity index (χ3v) is 5.72. The molecule has 6 heteroatoms. The summed E-state index contributed by atoms with van der Waals surface area (Å²) in [5, 5.41) is 8.91. The van der Waals surface area contributed by atoms with Crippen molar-refractivity contribution in [3.63, 3.8) is 0 Å². The summed E-state index contributed by atoms with van der Waals surface area (Å²) in [5.74, 6) is -0.689. The van der Waals surface area contributed by atoms with Crippen LogP contribution in [0.5, 0.6) is 0 Å². The lowest BCUT2D eigenvalue weighted by atomic mass is 10.1. The van der Waals surface area contributed by atoms with E-state index in [1.165, 1.54) is 36.4 Å². The van der Waals surface area contributed by atoms with Gasteiger partial charge in [-0.25, -0.2) is 8.42 Å². The second-order valence-corrected chi connectivity index (χ2v) is 7.70. The molecule has 3 aromatic carbocycles. The van der Waals surface area contributed by atoms with Crippen LogP contribution in [-0.4, -0.2) is 14.3 Å². The molecule has 0 atom stereocenters. The Bertz CT molecular complexity index is 1100. The summed E-state index contributed by atoms with van der Waals surface area (Å²) in [4.78, 5) is 13.1. The Labute approximate surface area is 158 Å². The lowest BCUT2D eigenvalue weighted by molar-refractivity contribution is 0.101. The number of aryl methyl sites for hydroxylation is 1. The van der Waals surface area contributed by atoms with E-state index in [9.17, 15) is 13.2 Å². The molecule has 0 saturated carbocycles. The van der Waals surface area contributed by atoms with Gasteiger partial charge in [0.2, 0.25) is 0 Å². The van der Waals surface area contributed by atoms with Crippen LogP contribution in [0.15, 0.2) is 83.8 Å². The number of hydrogen-bond donors (Lipinski definition) is 0. The summed E-state index contributed by atoms with van der Waals surface area (Å²) in [6.45, 7) is 1.85. The van der Waals surface area contributed by atoms with Gasteiger partial charge in [-0.05, 0) is 55.5 Å². The lowest BCUT2D eigenvalue weighted by Crippen LogP contribution is -2.37. The molecule has 0 spiro atoms. The van der Waals surface area contributed by atoms with Crippen molar-refractivity contribution in [2.24, 2.45) is 0 Å². The molecule has 0 aliphatic carbocycles. The van der Waals surface area contributed by atoms with Crippen molar-refractivity contribution in [2.75, 3.05) is 4.31 Å². The molecular formula is C21H16N2O3S. The first-order valence-corrected chi connectivity index (χ1v) is 9.59. The van der Waals surface area contributed by atoms with Crippen LogP contribution >= 0.6 is 0 Å². The third kappa shape index (κ3) is 3.73. The topological polar surface area (TPSA) is 78.2 Å². The number of hydrogen-bond acceptors (Lipinski definition) is 4. The predicted molar refractivity (Wildman–Crippen MR) is 103 cm³/mol. The van der Waals surface area contributed by atoms with Crippen molar-refractivity contribution in [1.29, 1.82) is 5.26 Å². The number of amides is 1. The van der Waals surface area contributed by atoms with Crippen LogP contribution in [0.3, 0.4) is 0 Å². The third-order valence-electron chi connectivity index (χ3n) is 4.00. The van der Waals surface area contributed by atoms with Crippen molar-refractivity contribution in [3.05, 3.63) is 95.6 Å². The summed E-state index contributed by atoms with van der Waals surface area (Å²) < 4.78 is 27.3. The molecule has 5 nitrogen and oxygen atoms in total. The average Bonchev–Trinajstić information content (AvgIpc) is 2.69. The van der Waals surface area contributed by atoms with Gasteiger partial charge in [-0.3, -0.25) is 4.79 Å². The van der Waals surface area contributed by atoms with E-state index in [1.54, 1.807) is 42.5 Å². The number of benzene rings is 3. The van der Waals surface area contributed by atoms with Crippen molar-refractivity contribution >= 4 is 21.6 Å². The molecule has 0 aliphatic heterocycles. The first kappa shape index (κ1) is 18.4. The number of carbonyl (C=O) groups is 1. The fourth-order valence-corrected chi connectivity index (χ4v) is 3.96. The Balaban J connectivity index is 2.13. The van der Waals surface area contributed by atoms with Gasteiger partial charge in [0.05, 0.1) is 22.2 Å². The van der Waals surface area contributed by atoms with Crippen molar-refractivity contribution in [2.45, 2.75) is 11.8 Å². The number of sulfonamides is 1. The molecule has 3 aromatic rings. The Morgan fingerprint density at radius 1 is 0.889 bits per heavy atom. The minimum Gasteiger partial charge on any atom is -0.268 e. The van der Waals surface area contributed by atoms with E-state index in [-0.39, 0.29) is 16.1 Å². The van der Waals surface area contributed by atoms with Gasteiger partial charge in [0.15, 0.2) is 0 Å². The van der Waals surface area contributed by atoms with Crippen LogP contribution < -0.4 is 4.31 Å². The molecule has 1 amide bonds. The molecule has 27 heavy (non-hydrogen) atoms. The Morgan fingerprint density at radius 3 is 2.04 bits per heavy atom. The van der Waals surface area contributed by atoms with Gasteiger partial charge < -0.3 is 0 Å². The molecular weight excluding hydrogens is 360 g/mol. The molecule has 0 fully saturated rings. The molecule has 0 heterocycles.